The molecule has 1 aliphatic carbocycles. The zero-order valence-corrected chi connectivity index (χ0v) is 17.5. The van der Waals surface area contributed by atoms with Crippen molar-refractivity contribution in [3.05, 3.63) is 29.6 Å². The molecule has 2 heterocycles. The maximum Gasteiger partial charge on any atom is 0.290 e. The number of carbonyl (C=O) groups excluding carboxylic acids is 2. The van der Waals surface area contributed by atoms with Crippen molar-refractivity contribution < 1.29 is 24.2 Å². The molecule has 0 bridgehead atoms. The molecule has 0 radical (unpaired) electrons. The van der Waals surface area contributed by atoms with E-state index in [0.717, 1.165) is 63.1 Å². The topological polar surface area (TPSA) is 135 Å². The molecule has 4 N–H and O–H groups in total. The third-order valence-electron chi connectivity index (χ3n) is 5.90. The van der Waals surface area contributed by atoms with Gasteiger partial charge in [-0.15, -0.1) is 0 Å². The van der Waals surface area contributed by atoms with E-state index in [0.29, 0.717) is 0 Å². The van der Waals surface area contributed by atoms with Gasteiger partial charge in [0.15, 0.2) is 0 Å². The van der Waals surface area contributed by atoms with Crippen molar-refractivity contribution in [3.63, 3.8) is 0 Å². The second-order valence-electron chi connectivity index (χ2n) is 7.99. The molecule has 1 saturated heterocycles. The maximum absolute atomic E-state index is 12.1. The number of pyridine rings is 1. The molecule has 1 spiro atoms. The van der Waals surface area contributed by atoms with Crippen LogP contribution in [0.4, 0.5) is 0 Å². The third-order valence-corrected chi connectivity index (χ3v) is 5.90. The number of carboxylic acid groups (broad SMARTS) is 1. The van der Waals surface area contributed by atoms with Gasteiger partial charge in [-0.25, -0.2) is 0 Å². The molecule has 9 nitrogen and oxygen atoms in total. The summed E-state index contributed by atoms with van der Waals surface area (Å²) < 4.78 is 5.03. The number of carbonyl (C=O) groups is 3. The lowest BCUT2D eigenvalue weighted by Crippen LogP contribution is -2.50. The molecular weight excluding hydrogens is 388 g/mol. The lowest BCUT2D eigenvalue weighted by molar-refractivity contribution is -0.130. The number of nitrogens with two attached hydrogens (primary N) is 1. The fourth-order valence-electron chi connectivity index (χ4n) is 4.52. The van der Waals surface area contributed by atoms with Gasteiger partial charge in [0, 0.05) is 18.3 Å². The van der Waals surface area contributed by atoms with Crippen LogP contribution in [-0.4, -0.2) is 65.6 Å². The van der Waals surface area contributed by atoms with E-state index in [-0.39, 0.29) is 37.0 Å². The zero-order chi connectivity index (χ0) is 22.0. The molecule has 2 aliphatic rings. The minimum atomic E-state index is -0.560. The highest BCUT2D eigenvalue weighted by atomic mass is 16.5. The van der Waals surface area contributed by atoms with Crippen LogP contribution in [0.1, 0.15) is 43.5 Å². The Hall–Kier alpha value is -2.52. The Morgan fingerprint density at radius 2 is 2.03 bits per heavy atom. The number of ether oxygens (including phenoxy) is 1. The molecule has 1 atom stereocenters. The smallest absolute Gasteiger partial charge is 0.290 e. The van der Waals surface area contributed by atoms with Gasteiger partial charge in [-0.2, -0.15) is 0 Å². The Bertz CT molecular complexity index is 719. The van der Waals surface area contributed by atoms with E-state index in [4.69, 9.17) is 20.4 Å². The molecule has 1 aromatic rings. The molecule has 3 rings (SSSR count). The van der Waals surface area contributed by atoms with Crippen LogP contribution in [0.5, 0.6) is 0 Å². The van der Waals surface area contributed by atoms with Gasteiger partial charge < -0.3 is 20.9 Å². The van der Waals surface area contributed by atoms with E-state index in [9.17, 15) is 9.59 Å². The van der Waals surface area contributed by atoms with Gasteiger partial charge in [0.2, 0.25) is 11.8 Å². The highest BCUT2D eigenvalue weighted by Gasteiger charge is 2.45. The van der Waals surface area contributed by atoms with E-state index in [1.54, 1.807) is 0 Å². The summed E-state index contributed by atoms with van der Waals surface area (Å²) in [4.78, 5) is 38.3. The normalized spacial score (nSPS) is 20.2. The first-order chi connectivity index (χ1) is 14.4. The van der Waals surface area contributed by atoms with Gasteiger partial charge in [-0.3, -0.25) is 24.3 Å². The molecule has 2 fully saturated rings. The highest BCUT2D eigenvalue weighted by molar-refractivity contribution is 5.79. The Kier molecular flexibility index (Phi) is 9.19. The quantitative estimate of drug-likeness (QED) is 0.556. The van der Waals surface area contributed by atoms with E-state index >= 15 is 0 Å². The Morgan fingerprint density at radius 3 is 2.67 bits per heavy atom. The lowest BCUT2D eigenvalue weighted by atomic mass is 9.74. The molecule has 1 unspecified atom stereocenters. The van der Waals surface area contributed by atoms with Crippen LogP contribution in [0.25, 0.3) is 0 Å². The summed E-state index contributed by atoms with van der Waals surface area (Å²) >= 11 is 0. The summed E-state index contributed by atoms with van der Waals surface area (Å²) in [5.74, 6) is -0.718. The number of nitrogens with one attached hydrogen (secondary N) is 1. The first kappa shape index (κ1) is 23.8. The number of likely N-dealkylation sites (tertiary alicyclic amines) is 1. The fraction of sp³-hybridized carbons (Fsp3) is 0.619. The SMILES string of the molecule is Cc1cccc(CN2CCC3(CCCC3NC(=O)COCC(N)=O)CC2)n1.O=CO. The molecule has 1 saturated carbocycles. The first-order valence-corrected chi connectivity index (χ1v) is 10.3. The monoisotopic (exact) mass is 420 g/mol. The average Bonchev–Trinajstić information content (AvgIpc) is 3.06. The largest absolute Gasteiger partial charge is 0.483 e. The molecule has 1 aliphatic heterocycles. The predicted molar refractivity (Wildman–Crippen MR) is 110 cm³/mol. The molecule has 30 heavy (non-hydrogen) atoms. The van der Waals surface area contributed by atoms with Crippen molar-refractivity contribution in [2.75, 3.05) is 26.3 Å². The van der Waals surface area contributed by atoms with Crippen molar-refractivity contribution >= 4 is 18.3 Å². The fourth-order valence-corrected chi connectivity index (χ4v) is 4.52. The van der Waals surface area contributed by atoms with Gasteiger partial charge in [0.25, 0.3) is 6.47 Å². The van der Waals surface area contributed by atoms with Crippen LogP contribution in [0.2, 0.25) is 0 Å². The average molecular weight is 421 g/mol. The first-order valence-electron chi connectivity index (χ1n) is 10.3. The second-order valence-corrected chi connectivity index (χ2v) is 7.99. The molecule has 166 valence electrons. The van der Waals surface area contributed by atoms with Crippen molar-refractivity contribution in [2.24, 2.45) is 11.1 Å². The Balaban J connectivity index is 0.00000101. The van der Waals surface area contributed by atoms with Crippen LogP contribution in [0, 0.1) is 12.3 Å². The van der Waals surface area contributed by atoms with Crippen LogP contribution >= 0.6 is 0 Å². The van der Waals surface area contributed by atoms with Gasteiger partial charge in [-0.05, 0) is 63.2 Å². The Labute approximate surface area is 177 Å². The van der Waals surface area contributed by atoms with E-state index in [1.807, 2.05) is 13.0 Å². The molecule has 0 aromatic carbocycles. The summed E-state index contributed by atoms with van der Waals surface area (Å²) in [6.45, 7) is 4.38. The number of hydrogen-bond donors (Lipinski definition) is 3. The van der Waals surface area contributed by atoms with Gasteiger partial charge in [0.1, 0.15) is 13.2 Å². The van der Waals surface area contributed by atoms with Crippen molar-refractivity contribution in [3.8, 4) is 0 Å². The van der Waals surface area contributed by atoms with Crippen LogP contribution in [0.15, 0.2) is 18.2 Å². The maximum atomic E-state index is 12.1. The Morgan fingerprint density at radius 1 is 1.33 bits per heavy atom. The number of aromatic nitrogens is 1. The number of hydrogen-bond acceptors (Lipinski definition) is 6. The van der Waals surface area contributed by atoms with Gasteiger partial charge >= 0.3 is 0 Å². The highest BCUT2D eigenvalue weighted by Crippen LogP contribution is 2.46. The van der Waals surface area contributed by atoms with E-state index in [1.165, 1.54) is 0 Å². The minimum absolute atomic E-state index is 0.110. The van der Waals surface area contributed by atoms with Gasteiger partial charge in [-0.1, -0.05) is 12.5 Å². The second kappa shape index (κ2) is 11.6. The number of amides is 2. The summed E-state index contributed by atoms with van der Waals surface area (Å²) in [5.41, 5.74) is 7.39. The minimum Gasteiger partial charge on any atom is -0.483 e. The summed E-state index contributed by atoms with van der Waals surface area (Å²) in [7, 11) is 0. The van der Waals surface area contributed by atoms with Crippen molar-refractivity contribution in [2.45, 2.75) is 51.6 Å². The van der Waals surface area contributed by atoms with Gasteiger partial charge in [0.05, 0.1) is 5.69 Å². The zero-order valence-electron chi connectivity index (χ0n) is 17.5. The number of rotatable bonds is 7. The number of primary amides is 1. The third kappa shape index (κ3) is 7.07. The molecule has 1 aromatic heterocycles. The predicted octanol–water partition coefficient (Wildman–Crippen LogP) is 0.844. The van der Waals surface area contributed by atoms with Crippen LogP contribution < -0.4 is 11.1 Å². The van der Waals surface area contributed by atoms with Crippen molar-refractivity contribution in [1.82, 2.24) is 15.2 Å². The number of nitrogens with zero attached hydrogens (tertiary/aromatic N) is 2. The van der Waals surface area contributed by atoms with E-state index in [2.05, 4.69) is 27.3 Å². The standard InChI is InChI=1S/C20H30N4O3.CH2O2/c1-15-4-2-5-16(22-15)12-24-10-8-20(9-11-24)7-3-6-17(20)23-19(26)14-27-13-18(21)25;2-1-3/h2,4-5,17H,3,6-14H2,1H3,(H2,21,25)(H,23,26);1H,(H,2,3). The molecular formula is C21H32N4O5. The van der Waals surface area contributed by atoms with E-state index < -0.39 is 5.91 Å². The summed E-state index contributed by atoms with van der Waals surface area (Å²) in [5, 5.41) is 10.0. The van der Waals surface area contributed by atoms with Crippen LogP contribution in [0.3, 0.4) is 0 Å². The number of aryl methyl sites for hydroxylation is 1. The summed E-state index contributed by atoms with van der Waals surface area (Å²) in [6.07, 6.45) is 5.50. The molecule has 2 amide bonds. The molecule has 9 heteroatoms. The van der Waals surface area contributed by atoms with Crippen LogP contribution in [-0.2, 0) is 25.7 Å². The lowest BCUT2D eigenvalue weighted by Gasteiger charge is -2.43. The number of piperidine rings is 1. The van der Waals surface area contributed by atoms with Crippen molar-refractivity contribution in [1.29, 1.82) is 0 Å². The summed E-state index contributed by atoms with van der Waals surface area (Å²) in [6, 6.07) is 6.36.